The van der Waals surface area contributed by atoms with Crippen LogP contribution in [0, 0.1) is 0 Å². The summed E-state index contributed by atoms with van der Waals surface area (Å²) >= 11 is 0. The number of sulfonamides is 1. The van der Waals surface area contributed by atoms with E-state index in [0.717, 1.165) is 44.6 Å². The molecule has 2 atom stereocenters. The minimum absolute atomic E-state index is 0.0661. The van der Waals surface area contributed by atoms with Gasteiger partial charge in [0.15, 0.2) is 11.6 Å². The molecule has 1 N–H and O–H groups in total. The van der Waals surface area contributed by atoms with Crippen LogP contribution in [0.1, 0.15) is 115 Å². The van der Waals surface area contributed by atoms with Crippen LogP contribution in [-0.4, -0.2) is 112 Å². The molecule has 4 aliphatic rings. The second kappa shape index (κ2) is 13.1. The van der Waals surface area contributed by atoms with E-state index in [1.54, 1.807) is 9.80 Å². The van der Waals surface area contributed by atoms with E-state index in [4.69, 9.17) is 18.5 Å². The van der Waals surface area contributed by atoms with Gasteiger partial charge in [-0.25, -0.2) is 22.3 Å². The van der Waals surface area contributed by atoms with Gasteiger partial charge in [0.25, 0.3) is 0 Å². The maximum Gasteiger partial charge on any atom is 0.410 e. The summed E-state index contributed by atoms with van der Waals surface area (Å²) in [5.74, 6) is 2.41. The molecule has 17 heteroatoms. The molecule has 2 aromatic heterocycles. The summed E-state index contributed by atoms with van der Waals surface area (Å²) in [5.41, 5.74) is -1.06. The summed E-state index contributed by atoms with van der Waals surface area (Å²) in [6.45, 7) is 14.8. The van der Waals surface area contributed by atoms with Crippen molar-refractivity contribution in [1.82, 2.24) is 39.7 Å². The molecule has 0 saturated carbocycles. The lowest BCUT2D eigenvalue weighted by molar-refractivity contribution is 0.0190. The second-order valence-electron chi connectivity index (χ2n) is 14.3. The number of rotatable bonds is 5. The predicted octanol–water partition coefficient (Wildman–Crippen LogP) is 3.33. The molecule has 0 aliphatic carbocycles. The van der Waals surface area contributed by atoms with Gasteiger partial charge in [0.1, 0.15) is 23.3 Å². The standard InChI is InChI=1S/C15H24N4O5S.C14H22N4O3/c1-15(2,3)23-14(20)19-7-5-6-11(19)13-16-12(17-24-13)10-8-18(9-10)25(4,21)22;1-14(2,3)20-13(19)18-6-4-5-10(18)12-16-11(17-21-12)9-7-15-8-9/h10-11H,5-9H2,1-4H3;9-10,15H,4-8H2,1-3H3/t11-;10-/m00/s1. The van der Waals surface area contributed by atoms with Crippen LogP contribution >= 0.6 is 0 Å². The van der Waals surface area contributed by atoms with Crippen molar-refractivity contribution in [2.24, 2.45) is 0 Å². The van der Waals surface area contributed by atoms with Gasteiger partial charge in [-0.3, -0.25) is 9.80 Å². The van der Waals surface area contributed by atoms with Crippen LogP contribution in [0.3, 0.4) is 0 Å². The molecule has 6 heterocycles. The molecule has 0 spiro atoms. The first kappa shape index (κ1) is 34.0. The van der Waals surface area contributed by atoms with Crippen molar-refractivity contribution in [3.8, 4) is 0 Å². The lowest BCUT2D eigenvalue weighted by Gasteiger charge is -2.35. The molecule has 4 aliphatic heterocycles. The van der Waals surface area contributed by atoms with Crippen LogP contribution in [0.4, 0.5) is 9.59 Å². The zero-order chi connectivity index (χ0) is 33.4. The Kier molecular flexibility index (Phi) is 9.67. The van der Waals surface area contributed by atoms with Gasteiger partial charge in [-0.2, -0.15) is 9.97 Å². The molecule has 46 heavy (non-hydrogen) atoms. The molecule has 0 unspecified atom stereocenters. The van der Waals surface area contributed by atoms with E-state index < -0.39 is 21.2 Å². The molecule has 16 nitrogen and oxygen atoms in total. The van der Waals surface area contributed by atoms with Gasteiger partial charge in [0.2, 0.25) is 21.8 Å². The minimum atomic E-state index is -3.18. The topological polar surface area (TPSA) is 186 Å². The number of aromatic nitrogens is 4. The van der Waals surface area contributed by atoms with Crippen molar-refractivity contribution < 1.29 is 36.5 Å². The first-order valence-corrected chi connectivity index (χ1v) is 17.7. The summed E-state index contributed by atoms with van der Waals surface area (Å²) < 4.78 is 45.9. The Bertz CT molecular complexity index is 1490. The van der Waals surface area contributed by atoms with E-state index in [1.165, 1.54) is 10.6 Å². The molecular formula is C29H46N8O8S. The van der Waals surface area contributed by atoms with E-state index in [0.29, 0.717) is 49.7 Å². The molecule has 0 bridgehead atoms. The third kappa shape index (κ3) is 8.15. The van der Waals surface area contributed by atoms with Crippen LogP contribution in [-0.2, 0) is 19.5 Å². The highest BCUT2D eigenvalue weighted by atomic mass is 32.2. The Morgan fingerprint density at radius 3 is 1.59 bits per heavy atom. The number of nitrogens with one attached hydrogen (secondary N) is 1. The fourth-order valence-electron chi connectivity index (χ4n) is 5.57. The molecule has 0 radical (unpaired) electrons. The fraction of sp³-hybridized carbons (Fsp3) is 0.793. The van der Waals surface area contributed by atoms with Crippen LogP contribution in [0.15, 0.2) is 9.05 Å². The molecule has 4 fully saturated rings. The number of carbonyl (C=O) groups is 2. The molecular weight excluding hydrogens is 620 g/mol. The predicted molar refractivity (Wildman–Crippen MR) is 163 cm³/mol. The highest BCUT2D eigenvalue weighted by Gasteiger charge is 2.41. The number of nitrogens with zero attached hydrogens (tertiary/aromatic N) is 7. The van der Waals surface area contributed by atoms with Gasteiger partial charge in [-0.05, 0) is 67.2 Å². The molecule has 2 amide bonds. The van der Waals surface area contributed by atoms with Crippen molar-refractivity contribution >= 4 is 22.2 Å². The molecule has 2 aromatic rings. The Morgan fingerprint density at radius 2 is 1.22 bits per heavy atom. The highest BCUT2D eigenvalue weighted by Crippen LogP contribution is 2.35. The summed E-state index contributed by atoms with van der Waals surface area (Å²) in [6, 6.07) is -0.448. The van der Waals surface area contributed by atoms with E-state index >= 15 is 0 Å². The number of amides is 2. The average molecular weight is 667 g/mol. The van der Waals surface area contributed by atoms with Crippen molar-refractivity contribution in [2.75, 3.05) is 45.5 Å². The van der Waals surface area contributed by atoms with Crippen molar-refractivity contribution in [2.45, 2.75) is 102 Å². The SMILES string of the molecule is CC(C)(C)OC(=O)N1CCC[C@H]1c1nc(C2CN(S(C)(=O)=O)C2)no1.CC(C)(C)OC(=O)N1CCC[C@H]1c1nc(C2CNC2)no1. The Balaban J connectivity index is 0.000000184. The second-order valence-corrected chi connectivity index (χ2v) is 16.3. The lowest BCUT2D eigenvalue weighted by Crippen LogP contribution is -2.48. The largest absolute Gasteiger partial charge is 0.444 e. The van der Waals surface area contributed by atoms with Gasteiger partial charge in [0, 0.05) is 45.2 Å². The van der Waals surface area contributed by atoms with Gasteiger partial charge in [-0.1, -0.05) is 10.3 Å². The third-order valence-electron chi connectivity index (χ3n) is 8.08. The zero-order valence-corrected chi connectivity index (χ0v) is 28.5. The van der Waals surface area contributed by atoms with Crippen molar-refractivity contribution in [1.29, 1.82) is 0 Å². The smallest absolute Gasteiger partial charge is 0.410 e. The van der Waals surface area contributed by atoms with E-state index in [9.17, 15) is 18.0 Å². The first-order chi connectivity index (χ1) is 21.5. The van der Waals surface area contributed by atoms with Crippen LogP contribution in [0.2, 0.25) is 0 Å². The molecule has 4 saturated heterocycles. The lowest BCUT2D eigenvalue weighted by atomic mass is 10.0. The van der Waals surface area contributed by atoms with E-state index in [-0.39, 0.29) is 30.2 Å². The van der Waals surface area contributed by atoms with Crippen molar-refractivity contribution in [3.05, 3.63) is 23.4 Å². The van der Waals surface area contributed by atoms with E-state index in [2.05, 4.69) is 25.6 Å². The zero-order valence-electron chi connectivity index (χ0n) is 27.7. The number of ether oxygens (including phenoxy) is 2. The van der Waals surface area contributed by atoms with Crippen LogP contribution in [0.5, 0.6) is 0 Å². The summed E-state index contributed by atoms with van der Waals surface area (Å²) in [4.78, 5) is 36.8. The van der Waals surface area contributed by atoms with Gasteiger partial charge in [-0.15, -0.1) is 0 Å². The van der Waals surface area contributed by atoms with Crippen molar-refractivity contribution in [3.63, 3.8) is 0 Å². The average Bonchev–Trinajstić information content (AvgIpc) is 3.65. The number of carbonyl (C=O) groups excluding carboxylic acids is 2. The molecule has 6 rings (SSSR count). The summed E-state index contributed by atoms with van der Waals surface area (Å²) in [6.07, 6.45) is 3.82. The number of hydrogen-bond donors (Lipinski definition) is 1. The van der Waals surface area contributed by atoms with Gasteiger partial charge < -0.3 is 23.8 Å². The third-order valence-corrected chi connectivity index (χ3v) is 9.31. The van der Waals surface area contributed by atoms with E-state index in [1.807, 2.05) is 41.5 Å². The summed E-state index contributed by atoms with van der Waals surface area (Å²) in [7, 11) is -3.18. The number of likely N-dealkylation sites (tertiary alicyclic amines) is 2. The van der Waals surface area contributed by atoms with Crippen LogP contribution in [0.25, 0.3) is 0 Å². The fourth-order valence-corrected chi connectivity index (χ4v) is 6.47. The van der Waals surface area contributed by atoms with Gasteiger partial charge >= 0.3 is 12.2 Å². The number of hydrogen-bond acceptors (Lipinski definition) is 13. The Morgan fingerprint density at radius 1 is 0.783 bits per heavy atom. The van der Waals surface area contributed by atoms with Gasteiger partial charge in [0.05, 0.1) is 12.2 Å². The van der Waals surface area contributed by atoms with Crippen LogP contribution < -0.4 is 5.32 Å². The minimum Gasteiger partial charge on any atom is -0.444 e. The Labute approximate surface area is 269 Å². The quantitative estimate of drug-likeness (QED) is 0.490. The first-order valence-electron chi connectivity index (χ1n) is 15.8. The normalized spacial score (nSPS) is 23.0. The maximum absolute atomic E-state index is 12.3. The highest BCUT2D eigenvalue weighted by molar-refractivity contribution is 7.88. The Hall–Kier alpha value is -3.31. The maximum atomic E-state index is 12.3. The molecule has 0 aromatic carbocycles. The monoisotopic (exact) mass is 666 g/mol. The summed E-state index contributed by atoms with van der Waals surface area (Å²) in [5, 5.41) is 11.2. The molecule has 256 valence electrons.